The van der Waals surface area contributed by atoms with Crippen LogP contribution in [0.5, 0.6) is 0 Å². The summed E-state index contributed by atoms with van der Waals surface area (Å²) in [6.45, 7) is 2.18. The molecule has 1 N–H and O–H groups in total. The molecule has 1 saturated heterocycles. The Kier molecular flexibility index (Phi) is 2.33. The third-order valence-corrected chi connectivity index (χ3v) is 3.52. The van der Waals surface area contributed by atoms with Crippen LogP contribution in [0.1, 0.15) is 11.1 Å². The van der Waals surface area contributed by atoms with Gasteiger partial charge in [0.1, 0.15) is 0 Å². The number of nitrogens with one attached hydrogen (secondary N) is 1. The maximum absolute atomic E-state index is 13.0. The van der Waals surface area contributed by atoms with Crippen molar-refractivity contribution in [2.45, 2.75) is 18.6 Å². The normalized spacial score (nSPS) is 23.5. The van der Waals surface area contributed by atoms with E-state index in [1.807, 2.05) is 11.0 Å². The zero-order valence-corrected chi connectivity index (χ0v) is 9.22. The maximum atomic E-state index is 13.0. The lowest BCUT2D eigenvalue weighted by Gasteiger charge is -2.33. The largest absolute Gasteiger partial charge is 0.418 e. The van der Waals surface area contributed by atoms with Crippen molar-refractivity contribution in [1.29, 1.82) is 0 Å². The van der Waals surface area contributed by atoms with E-state index >= 15 is 0 Å². The van der Waals surface area contributed by atoms with Gasteiger partial charge in [0.05, 0.1) is 11.3 Å². The Bertz CT molecular complexity index is 442. The molecule has 5 heteroatoms. The number of hydrogen-bond acceptors (Lipinski definition) is 2. The Balaban J connectivity index is 2.09. The number of piperazine rings is 1. The molecule has 2 aliphatic heterocycles. The first kappa shape index (κ1) is 10.9. The standard InChI is InChI=1S/C12H13F3N2/c13-12(14,15)10-3-1-2-8-6-9-7-16-4-5-17(9)11(8)10/h1-3,9,16H,4-7H2. The summed E-state index contributed by atoms with van der Waals surface area (Å²) in [5.41, 5.74) is 0.749. The fourth-order valence-electron chi connectivity index (χ4n) is 2.82. The minimum Gasteiger partial charge on any atom is -0.365 e. The Morgan fingerprint density at radius 3 is 2.88 bits per heavy atom. The first-order valence-corrected chi connectivity index (χ1v) is 5.74. The summed E-state index contributed by atoms with van der Waals surface area (Å²) in [6.07, 6.45) is -3.54. The van der Waals surface area contributed by atoms with Gasteiger partial charge in [-0.3, -0.25) is 0 Å². The molecule has 0 saturated carbocycles. The van der Waals surface area contributed by atoms with Gasteiger partial charge in [-0.25, -0.2) is 0 Å². The molecule has 92 valence electrons. The van der Waals surface area contributed by atoms with Crippen LogP contribution in [0, 0.1) is 0 Å². The Labute approximate surface area is 97.4 Å². The van der Waals surface area contributed by atoms with Gasteiger partial charge < -0.3 is 10.2 Å². The molecule has 1 aromatic carbocycles. The lowest BCUT2D eigenvalue weighted by Crippen LogP contribution is -2.49. The summed E-state index contributed by atoms with van der Waals surface area (Å²) in [7, 11) is 0. The van der Waals surface area contributed by atoms with Crippen molar-refractivity contribution in [1.82, 2.24) is 5.32 Å². The minimum atomic E-state index is -4.26. The number of rotatable bonds is 0. The molecule has 0 aromatic heterocycles. The number of anilines is 1. The monoisotopic (exact) mass is 242 g/mol. The quantitative estimate of drug-likeness (QED) is 0.749. The molecule has 1 atom stereocenters. The maximum Gasteiger partial charge on any atom is 0.418 e. The number of hydrogen-bond donors (Lipinski definition) is 1. The summed E-state index contributed by atoms with van der Waals surface area (Å²) < 4.78 is 38.9. The van der Waals surface area contributed by atoms with Crippen LogP contribution in [0.25, 0.3) is 0 Å². The number of fused-ring (bicyclic) bond motifs is 3. The van der Waals surface area contributed by atoms with Crippen molar-refractivity contribution in [3.8, 4) is 0 Å². The highest BCUT2D eigenvalue weighted by atomic mass is 19.4. The molecule has 0 spiro atoms. The van der Waals surface area contributed by atoms with Crippen LogP contribution in [0.15, 0.2) is 18.2 Å². The number of alkyl halides is 3. The fraction of sp³-hybridized carbons (Fsp3) is 0.500. The summed E-state index contributed by atoms with van der Waals surface area (Å²) in [5, 5.41) is 3.23. The lowest BCUT2D eigenvalue weighted by atomic mass is 10.1. The summed E-state index contributed by atoms with van der Waals surface area (Å²) in [6, 6.07) is 4.68. The van der Waals surface area contributed by atoms with Gasteiger partial charge in [-0.05, 0) is 18.1 Å². The van der Waals surface area contributed by atoms with Crippen LogP contribution in [0.4, 0.5) is 18.9 Å². The lowest BCUT2D eigenvalue weighted by molar-refractivity contribution is -0.137. The van der Waals surface area contributed by atoms with Gasteiger partial charge in [0.25, 0.3) is 0 Å². The summed E-state index contributed by atoms with van der Waals surface area (Å²) in [4.78, 5) is 1.91. The fourth-order valence-corrected chi connectivity index (χ4v) is 2.82. The van der Waals surface area contributed by atoms with E-state index in [1.165, 1.54) is 12.1 Å². The van der Waals surface area contributed by atoms with Crippen molar-refractivity contribution in [2.75, 3.05) is 24.5 Å². The molecule has 17 heavy (non-hydrogen) atoms. The van der Waals surface area contributed by atoms with Gasteiger partial charge in [0.15, 0.2) is 0 Å². The van der Waals surface area contributed by atoms with E-state index in [0.717, 1.165) is 18.7 Å². The van der Waals surface area contributed by atoms with E-state index in [1.54, 1.807) is 0 Å². The predicted octanol–water partition coefficient (Wildman–Crippen LogP) is 2.04. The second kappa shape index (κ2) is 3.63. The highest BCUT2D eigenvalue weighted by molar-refractivity contribution is 5.66. The van der Waals surface area contributed by atoms with Crippen molar-refractivity contribution < 1.29 is 13.2 Å². The van der Waals surface area contributed by atoms with E-state index < -0.39 is 11.7 Å². The van der Waals surface area contributed by atoms with Crippen LogP contribution in [0.3, 0.4) is 0 Å². The molecule has 2 heterocycles. The third kappa shape index (κ3) is 1.69. The molecule has 0 bridgehead atoms. The molecule has 1 fully saturated rings. The molecular formula is C12H13F3N2. The van der Waals surface area contributed by atoms with Gasteiger partial charge >= 0.3 is 6.18 Å². The molecular weight excluding hydrogens is 229 g/mol. The van der Waals surface area contributed by atoms with E-state index in [4.69, 9.17) is 0 Å². The highest BCUT2D eigenvalue weighted by Gasteiger charge is 2.41. The molecule has 0 aliphatic carbocycles. The molecule has 0 radical (unpaired) electrons. The average Bonchev–Trinajstić information content (AvgIpc) is 2.65. The average molecular weight is 242 g/mol. The molecule has 2 aliphatic rings. The molecule has 2 nitrogen and oxygen atoms in total. The highest BCUT2D eigenvalue weighted by Crippen LogP contribution is 2.43. The van der Waals surface area contributed by atoms with Crippen molar-refractivity contribution in [2.24, 2.45) is 0 Å². The molecule has 1 aromatic rings. The van der Waals surface area contributed by atoms with Gasteiger partial charge in [-0.1, -0.05) is 12.1 Å². The number of benzene rings is 1. The van der Waals surface area contributed by atoms with Crippen molar-refractivity contribution in [3.63, 3.8) is 0 Å². The van der Waals surface area contributed by atoms with Gasteiger partial charge in [0.2, 0.25) is 0 Å². The van der Waals surface area contributed by atoms with Crippen molar-refractivity contribution >= 4 is 5.69 Å². The van der Waals surface area contributed by atoms with Gasteiger partial charge in [-0.15, -0.1) is 0 Å². The van der Waals surface area contributed by atoms with E-state index in [0.29, 0.717) is 18.7 Å². The Hall–Kier alpha value is -1.23. The van der Waals surface area contributed by atoms with Gasteiger partial charge in [-0.2, -0.15) is 13.2 Å². The predicted molar refractivity (Wildman–Crippen MR) is 59.2 cm³/mol. The topological polar surface area (TPSA) is 15.3 Å². The Morgan fingerprint density at radius 2 is 2.12 bits per heavy atom. The first-order chi connectivity index (χ1) is 8.07. The third-order valence-electron chi connectivity index (χ3n) is 3.52. The molecule has 0 amide bonds. The van der Waals surface area contributed by atoms with Crippen LogP contribution in [-0.2, 0) is 12.6 Å². The van der Waals surface area contributed by atoms with Crippen LogP contribution >= 0.6 is 0 Å². The van der Waals surface area contributed by atoms with E-state index in [9.17, 15) is 13.2 Å². The summed E-state index contributed by atoms with van der Waals surface area (Å²) >= 11 is 0. The molecule has 3 rings (SSSR count). The smallest absolute Gasteiger partial charge is 0.365 e. The second-order valence-corrected chi connectivity index (χ2v) is 4.57. The van der Waals surface area contributed by atoms with Crippen LogP contribution in [0.2, 0.25) is 0 Å². The summed E-state index contributed by atoms with van der Waals surface area (Å²) in [5.74, 6) is 0. The van der Waals surface area contributed by atoms with Crippen LogP contribution in [-0.4, -0.2) is 25.7 Å². The van der Waals surface area contributed by atoms with Crippen LogP contribution < -0.4 is 10.2 Å². The first-order valence-electron chi connectivity index (χ1n) is 5.74. The van der Waals surface area contributed by atoms with Gasteiger partial charge in [0, 0.05) is 25.7 Å². The number of para-hydroxylation sites is 1. The number of halogens is 3. The number of nitrogens with zero attached hydrogens (tertiary/aromatic N) is 1. The second-order valence-electron chi connectivity index (χ2n) is 4.57. The van der Waals surface area contributed by atoms with E-state index in [2.05, 4.69) is 5.32 Å². The SMILES string of the molecule is FC(F)(F)c1cccc2c1N1CCNCC1C2. The minimum absolute atomic E-state index is 0.183. The molecule has 1 unspecified atom stereocenters. The zero-order chi connectivity index (χ0) is 12.0. The van der Waals surface area contributed by atoms with Crippen molar-refractivity contribution in [3.05, 3.63) is 29.3 Å². The zero-order valence-electron chi connectivity index (χ0n) is 9.22. The Morgan fingerprint density at radius 1 is 1.29 bits per heavy atom. The van der Waals surface area contributed by atoms with E-state index in [-0.39, 0.29) is 6.04 Å².